The first-order valence-corrected chi connectivity index (χ1v) is 12.7. The fourth-order valence-corrected chi connectivity index (χ4v) is 6.71. The summed E-state index contributed by atoms with van der Waals surface area (Å²) >= 11 is 0.498. The van der Waals surface area contributed by atoms with E-state index in [0.717, 1.165) is 6.07 Å². The Kier molecular flexibility index (Phi) is 4.50. The molecule has 188 valence electrons. The van der Waals surface area contributed by atoms with E-state index in [9.17, 15) is 32.1 Å². The predicted octanol–water partition coefficient (Wildman–Crippen LogP) is 4.03. The molecule has 2 N–H and O–H groups in total. The minimum Gasteiger partial charge on any atom is -0.386 e. The first kappa shape index (κ1) is 23.0. The number of rotatable bonds is 4. The quantitative estimate of drug-likeness (QED) is 0.0477. The fraction of sp³-hybridized carbons (Fsp3) is 0. The molecule has 0 aromatic heterocycles. The standard InChI is InChI=1S/C24H8O12S2/c25-21-9-4-2-8-18-14(38(30,31)32)6-12-16-10(22(26)34-24(12)28)3-1-7(20(16)18)17-13(37-36-35-29)5-11(23(27)33-21)15(9)19(8)17/h1-6,29H,(H,30,31,32). The van der Waals surface area contributed by atoms with Crippen LogP contribution in [0.5, 0.6) is 0 Å². The molecule has 0 bridgehead atoms. The van der Waals surface area contributed by atoms with Crippen molar-refractivity contribution in [1.82, 2.24) is 0 Å². The first-order valence-electron chi connectivity index (χ1n) is 10.5. The normalized spacial score (nSPS) is 15.2. The van der Waals surface area contributed by atoms with Gasteiger partial charge in [0.2, 0.25) is 0 Å². The van der Waals surface area contributed by atoms with Gasteiger partial charge in [-0.2, -0.15) is 8.42 Å². The maximum absolute atomic E-state index is 12.7. The van der Waals surface area contributed by atoms with Crippen LogP contribution in [-0.2, 0) is 29.0 Å². The lowest BCUT2D eigenvalue weighted by atomic mass is 9.83. The Bertz CT molecular complexity index is 2110. The van der Waals surface area contributed by atoms with Crippen LogP contribution < -0.4 is 0 Å². The number of esters is 4. The van der Waals surface area contributed by atoms with E-state index in [1.54, 1.807) is 0 Å². The lowest BCUT2D eigenvalue weighted by Crippen LogP contribution is -2.21. The van der Waals surface area contributed by atoms with Crippen LogP contribution in [0.3, 0.4) is 0 Å². The molecular formula is C24H8O12S2. The van der Waals surface area contributed by atoms with Crippen molar-refractivity contribution < 1.29 is 56.3 Å². The predicted molar refractivity (Wildman–Crippen MR) is 128 cm³/mol. The Balaban J connectivity index is 1.86. The molecule has 0 atom stereocenters. The van der Waals surface area contributed by atoms with Gasteiger partial charge in [0.1, 0.15) is 4.90 Å². The second-order valence-corrected chi connectivity index (χ2v) is 10.6. The number of ether oxygens (including phenoxy) is 2. The van der Waals surface area contributed by atoms with Crippen LogP contribution >= 0.6 is 12.0 Å². The van der Waals surface area contributed by atoms with Gasteiger partial charge in [-0.3, -0.25) is 4.55 Å². The van der Waals surface area contributed by atoms with Gasteiger partial charge in [0.15, 0.2) is 0 Å². The number of cyclic esters (lactones) is 4. The number of benzene rings is 5. The van der Waals surface area contributed by atoms with Crippen LogP contribution in [0.1, 0.15) is 41.4 Å². The zero-order valence-corrected chi connectivity index (χ0v) is 19.9. The van der Waals surface area contributed by atoms with Gasteiger partial charge in [0.25, 0.3) is 10.1 Å². The average Bonchev–Trinajstić information content (AvgIpc) is 2.87. The van der Waals surface area contributed by atoms with E-state index in [4.69, 9.17) is 14.7 Å². The molecule has 38 heavy (non-hydrogen) atoms. The van der Waals surface area contributed by atoms with Crippen LogP contribution in [0.4, 0.5) is 0 Å². The topological polar surface area (TPSA) is 180 Å². The minimum atomic E-state index is -4.97. The van der Waals surface area contributed by atoms with Crippen LogP contribution in [0.25, 0.3) is 43.1 Å². The maximum Gasteiger partial charge on any atom is 0.346 e. The third kappa shape index (κ3) is 2.80. The van der Waals surface area contributed by atoms with Crippen molar-refractivity contribution in [3.63, 3.8) is 0 Å². The van der Waals surface area contributed by atoms with Crippen LogP contribution in [0.15, 0.2) is 46.2 Å². The highest BCUT2D eigenvalue weighted by molar-refractivity contribution is 7.94. The molecule has 5 aromatic carbocycles. The zero-order chi connectivity index (χ0) is 26.7. The van der Waals surface area contributed by atoms with Gasteiger partial charge in [0.05, 0.1) is 34.3 Å². The van der Waals surface area contributed by atoms with Crippen molar-refractivity contribution in [2.45, 2.75) is 9.79 Å². The van der Waals surface area contributed by atoms with Crippen molar-refractivity contribution in [3.05, 3.63) is 58.7 Å². The van der Waals surface area contributed by atoms with E-state index in [0.29, 0.717) is 17.4 Å². The first-order chi connectivity index (χ1) is 18.1. The Morgan fingerprint density at radius 2 is 1.16 bits per heavy atom. The largest absolute Gasteiger partial charge is 0.386 e. The molecule has 0 radical (unpaired) electrons. The van der Waals surface area contributed by atoms with Gasteiger partial charge in [0, 0.05) is 37.2 Å². The summed E-state index contributed by atoms with van der Waals surface area (Å²) in [7, 11) is -4.97. The van der Waals surface area contributed by atoms with Crippen molar-refractivity contribution in [1.29, 1.82) is 0 Å². The van der Waals surface area contributed by atoms with E-state index < -0.39 is 38.9 Å². The third-order valence-electron chi connectivity index (χ3n) is 6.71. The molecular weight excluding hydrogens is 544 g/mol. The van der Waals surface area contributed by atoms with Gasteiger partial charge < -0.3 is 9.47 Å². The molecule has 0 aliphatic carbocycles. The van der Waals surface area contributed by atoms with E-state index in [-0.39, 0.29) is 64.9 Å². The number of hydrogen-bond donors (Lipinski definition) is 2. The van der Waals surface area contributed by atoms with Crippen molar-refractivity contribution in [3.8, 4) is 0 Å². The monoisotopic (exact) mass is 552 g/mol. The number of carbonyl (C=O) groups excluding carboxylic acids is 4. The summed E-state index contributed by atoms with van der Waals surface area (Å²) < 4.78 is 49.7. The Hall–Kier alpha value is -4.18. The SMILES string of the molecule is O=C1OC(=O)c2cc(SOOO)c3c4ccc5c6c(cc(S(=O)(=O)O)c(c7ccc1c2c73)c64)C(=O)OC5=O. The van der Waals surface area contributed by atoms with Gasteiger partial charge in [-0.25, -0.2) is 24.4 Å². The molecule has 0 amide bonds. The van der Waals surface area contributed by atoms with E-state index >= 15 is 0 Å². The summed E-state index contributed by atoms with van der Waals surface area (Å²) in [5.41, 5.74) is -0.301. The zero-order valence-electron chi connectivity index (χ0n) is 18.3. The van der Waals surface area contributed by atoms with Crippen molar-refractivity contribution >= 4 is 89.1 Å². The van der Waals surface area contributed by atoms with Crippen molar-refractivity contribution in [2.24, 2.45) is 0 Å². The minimum absolute atomic E-state index is 0.0153. The van der Waals surface area contributed by atoms with Crippen LogP contribution in [0.2, 0.25) is 0 Å². The number of fused-ring (bicyclic) bond motifs is 2. The summed E-state index contributed by atoms with van der Waals surface area (Å²) in [4.78, 5) is 50.1. The van der Waals surface area contributed by atoms with Crippen LogP contribution in [0, 0.1) is 0 Å². The molecule has 0 saturated carbocycles. The molecule has 14 heteroatoms. The summed E-state index contributed by atoms with van der Waals surface area (Å²) in [5, 5.41) is 13.8. The Morgan fingerprint density at radius 3 is 1.71 bits per heavy atom. The molecule has 2 aliphatic heterocycles. The van der Waals surface area contributed by atoms with Gasteiger partial charge >= 0.3 is 23.9 Å². The lowest BCUT2D eigenvalue weighted by Gasteiger charge is -2.24. The van der Waals surface area contributed by atoms with Crippen LogP contribution in [-0.4, -0.2) is 42.1 Å². The molecule has 0 fully saturated rings. The Labute approximate surface area is 213 Å². The van der Waals surface area contributed by atoms with Gasteiger partial charge in [-0.05, 0) is 35.0 Å². The molecule has 7 rings (SSSR count). The second kappa shape index (κ2) is 7.44. The van der Waals surface area contributed by atoms with Gasteiger partial charge in [-0.15, -0.1) is 4.33 Å². The molecule has 2 heterocycles. The van der Waals surface area contributed by atoms with E-state index in [1.807, 2.05) is 0 Å². The summed E-state index contributed by atoms with van der Waals surface area (Å²) in [5.74, 6) is -3.95. The van der Waals surface area contributed by atoms with E-state index in [2.05, 4.69) is 9.37 Å². The number of hydrogen-bond acceptors (Lipinski definition) is 12. The molecule has 0 unspecified atom stereocenters. The fourth-order valence-electron chi connectivity index (χ4n) is 5.40. The second-order valence-electron chi connectivity index (χ2n) is 8.47. The third-order valence-corrected chi connectivity index (χ3v) is 8.22. The molecule has 2 aliphatic rings. The molecule has 5 aromatic rings. The molecule has 12 nitrogen and oxygen atoms in total. The average molecular weight is 552 g/mol. The van der Waals surface area contributed by atoms with E-state index in [1.165, 1.54) is 30.3 Å². The van der Waals surface area contributed by atoms with Crippen molar-refractivity contribution in [2.75, 3.05) is 0 Å². The summed E-state index contributed by atoms with van der Waals surface area (Å²) in [6, 6.07) is 7.86. The summed E-state index contributed by atoms with van der Waals surface area (Å²) in [6.07, 6.45) is 0. The maximum atomic E-state index is 12.7. The van der Waals surface area contributed by atoms with Gasteiger partial charge in [-0.1, -0.05) is 17.2 Å². The number of carbonyl (C=O) groups is 4. The smallest absolute Gasteiger partial charge is 0.346 e. The highest BCUT2D eigenvalue weighted by Gasteiger charge is 2.36. The highest BCUT2D eigenvalue weighted by atomic mass is 32.2. The Morgan fingerprint density at radius 1 is 0.658 bits per heavy atom. The summed E-state index contributed by atoms with van der Waals surface area (Å²) in [6.45, 7) is 0. The molecule has 0 spiro atoms. The highest BCUT2D eigenvalue weighted by Crippen LogP contribution is 2.50. The molecule has 0 saturated heterocycles. The lowest BCUT2D eigenvalue weighted by molar-refractivity contribution is -0.432.